The molecule has 4 aromatic rings. The van der Waals surface area contributed by atoms with E-state index in [1.54, 1.807) is 23.1 Å². The zero-order valence-corrected chi connectivity index (χ0v) is 21.4. The highest BCUT2D eigenvalue weighted by Gasteiger charge is 2.22. The fraction of sp³-hybridized carbons (Fsp3) is 0.259. The number of benzene rings is 3. The number of thioether (sulfide) groups is 1. The molecular weight excluding hydrogens is 462 g/mol. The third-order valence-corrected chi connectivity index (χ3v) is 7.49. The molecule has 34 heavy (non-hydrogen) atoms. The Kier molecular flexibility index (Phi) is 8.21. The summed E-state index contributed by atoms with van der Waals surface area (Å²) in [5, 5.41) is 0.735. The molecule has 5 nitrogen and oxygen atoms in total. The van der Waals surface area contributed by atoms with E-state index in [0.29, 0.717) is 17.9 Å². The van der Waals surface area contributed by atoms with Crippen LogP contribution in [0.25, 0.3) is 10.2 Å². The van der Waals surface area contributed by atoms with Crippen LogP contribution < -0.4 is 9.64 Å². The number of hydrogen-bond donors (Lipinski definition) is 0. The van der Waals surface area contributed by atoms with Crippen molar-refractivity contribution in [2.75, 3.05) is 37.3 Å². The predicted molar refractivity (Wildman–Crippen MR) is 144 cm³/mol. The lowest BCUT2D eigenvalue weighted by Gasteiger charge is -2.24. The summed E-state index contributed by atoms with van der Waals surface area (Å²) in [6.45, 7) is 7.55. The van der Waals surface area contributed by atoms with Gasteiger partial charge in [0.1, 0.15) is 11.5 Å². The molecule has 0 radical (unpaired) electrons. The minimum absolute atomic E-state index is 0.0526. The average Bonchev–Trinajstić information content (AvgIpc) is 3.31. The first-order chi connectivity index (χ1) is 16.6. The summed E-state index contributed by atoms with van der Waals surface area (Å²) >= 11 is 3.24. The summed E-state index contributed by atoms with van der Waals surface area (Å²) in [4.78, 5) is 23.8. The van der Waals surface area contributed by atoms with Crippen molar-refractivity contribution in [2.24, 2.45) is 0 Å². The monoisotopic (exact) mass is 491 g/mol. The number of thiazole rings is 1. The van der Waals surface area contributed by atoms with Gasteiger partial charge in [0.15, 0.2) is 5.13 Å². The molecule has 0 unspecified atom stereocenters. The number of anilines is 1. The lowest BCUT2D eigenvalue weighted by molar-refractivity contribution is 0.0984. The molecule has 0 aliphatic carbocycles. The molecule has 0 aliphatic rings. The lowest BCUT2D eigenvalue weighted by atomic mass is 10.2. The van der Waals surface area contributed by atoms with Crippen LogP contribution in [-0.4, -0.2) is 48.2 Å². The number of fused-ring (bicyclic) bond motifs is 1. The molecule has 1 aromatic heterocycles. The molecule has 0 saturated heterocycles. The van der Waals surface area contributed by atoms with Crippen molar-refractivity contribution >= 4 is 44.4 Å². The smallest absolute Gasteiger partial charge is 0.260 e. The number of carbonyl (C=O) groups excluding carboxylic acids is 1. The van der Waals surface area contributed by atoms with Crippen LogP contribution in [0.15, 0.2) is 77.7 Å². The average molecular weight is 492 g/mol. The van der Waals surface area contributed by atoms with Crippen LogP contribution in [-0.2, 0) is 0 Å². The van der Waals surface area contributed by atoms with Gasteiger partial charge in [-0.25, -0.2) is 4.98 Å². The van der Waals surface area contributed by atoms with E-state index in [4.69, 9.17) is 9.72 Å². The van der Waals surface area contributed by atoms with Gasteiger partial charge in [-0.15, -0.1) is 11.8 Å². The third kappa shape index (κ3) is 5.60. The topological polar surface area (TPSA) is 45.7 Å². The van der Waals surface area contributed by atoms with Crippen molar-refractivity contribution in [1.29, 1.82) is 0 Å². The first-order valence-electron chi connectivity index (χ1n) is 11.4. The van der Waals surface area contributed by atoms with Gasteiger partial charge in [0.05, 0.1) is 10.2 Å². The van der Waals surface area contributed by atoms with Gasteiger partial charge in [-0.1, -0.05) is 49.4 Å². The van der Waals surface area contributed by atoms with Gasteiger partial charge in [-0.3, -0.25) is 9.69 Å². The van der Waals surface area contributed by atoms with Gasteiger partial charge in [0.25, 0.3) is 5.91 Å². The van der Waals surface area contributed by atoms with E-state index in [9.17, 15) is 4.79 Å². The SMILES string of the molecule is CCN(CC)CCN(C(=O)c1ccc(Oc2ccccc2)cc1)c1nc2c(SC)cccc2s1. The van der Waals surface area contributed by atoms with Crippen LogP contribution in [0.5, 0.6) is 11.5 Å². The van der Waals surface area contributed by atoms with Crippen LogP contribution >= 0.6 is 23.1 Å². The zero-order valence-electron chi connectivity index (χ0n) is 19.7. The Balaban J connectivity index is 1.61. The van der Waals surface area contributed by atoms with E-state index in [2.05, 4.69) is 37.1 Å². The van der Waals surface area contributed by atoms with Gasteiger partial charge in [0, 0.05) is 23.5 Å². The van der Waals surface area contributed by atoms with Crippen molar-refractivity contribution in [2.45, 2.75) is 18.7 Å². The molecule has 3 aromatic carbocycles. The van der Waals surface area contributed by atoms with E-state index in [1.807, 2.05) is 65.6 Å². The third-order valence-electron chi connectivity index (χ3n) is 5.68. The number of ether oxygens (including phenoxy) is 1. The van der Waals surface area contributed by atoms with Crippen LogP contribution in [0.1, 0.15) is 24.2 Å². The maximum atomic E-state index is 13.7. The number of aromatic nitrogens is 1. The second-order valence-electron chi connectivity index (χ2n) is 7.73. The molecule has 0 aliphatic heterocycles. The Morgan fingerprint density at radius 2 is 1.62 bits per heavy atom. The van der Waals surface area contributed by atoms with Crippen molar-refractivity contribution < 1.29 is 9.53 Å². The number of nitrogens with zero attached hydrogens (tertiary/aromatic N) is 3. The quantitative estimate of drug-likeness (QED) is 0.228. The maximum absolute atomic E-state index is 13.7. The molecule has 0 spiro atoms. The van der Waals surface area contributed by atoms with Crippen molar-refractivity contribution in [3.63, 3.8) is 0 Å². The Bertz CT molecular complexity index is 1220. The Hall–Kier alpha value is -2.87. The molecule has 0 atom stereocenters. The van der Waals surface area contributed by atoms with E-state index in [0.717, 1.165) is 45.6 Å². The van der Waals surface area contributed by atoms with Crippen LogP contribution in [0, 0.1) is 0 Å². The summed E-state index contributed by atoms with van der Waals surface area (Å²) in [5.41, 5.74) is 1.58. The number of carbonyl (C=O) groups is 1. The number of likely N-dealkylation sites (N-methyl/N-ethyl adjacent to an activating group) is 1. The van der Waals surface area contributed by atoms with E-state index in [1.165, 1.54) is 0 Å². The Labute approximate surface area is 209 Å². The summed E-state index contributed by atoms with van der Waals surface area (Å²) in [5.74, 6) is 1.41. The molecule has 0 N–H and O–H groups in total. The second kappa shape index (κ2) is 11.5. The van der Waals surface area contributed by atoms with Gasteiger partial charge in [-0.2, -0.15) is 0 Å². The molecule has 176 valence electrons. The number of para-hydroxylation sites is 2. The molecular formula is C27H29N3O2S2. The van der Waals surface area contributed by atoms with Crippen LogP contribution in [0.4, 0.5) is 5.13 Å². The largest absolute Gasteiger partial charge is 0.457 e. The van der Waals surface area contributed by atoms with Crippen molar-refractivity contribution in [3.8, 4) is 11.5 Å². The summed E-state index contributed by atoms with van der Waals surface area (Å²) in [6.07, 6.45) is 2.05. The summed E-state index contributed by atoms with van der Waals surface area (Å²) in [7, 11) is 0. The molecule has 0 bridgehead atoms. The van der Waals surface area contributed by atoms with E-state index in [-0.39, 0.29) is 5.91 Å². The van der Waals surface area contributed by atoms with Gasteiger partial charge in [-0.05, 0) is 67.9 Å². The fourth-order valence-corrected chi connectivity index (χ4v) is 5.35. The fourth-order valence-electron chi connectivity index (χ4n) is 3.70. The predicted octanol–water partition coefficient (Wildman–Crippen LogP) is 6.80. The van der Waals surface area contributed by atoms with E-state index < -0.39 is 0 Å². The summed E-state index contributed by atoms with van der Waals surface area (Å²) < 4.78 is 6.98. The lowest BCUT2D eigenvalue weighted by Crippen LogP contribution is -2.38. The van der Waals surface area contributed by atoms with Crippen LogP contribution in [0.2, 0.25) is 0 Å². The number of rotatable bonds is 10. The molecule has 4 rings (SSSR count). The molecule has 7 heteroatoms. The normalized spacial score (nSPS) is 11.2. The minimum Gasteiger partial charge on any atom is -0.457 e. The highest BCUT2D eigenvalue weighted by Crippen LogP contribution is 2.34. The highest BCUT2D eigenvalue weighted by molar-refractivity contribution is 7.98. The molecule has 1 amide bonds. The van der Waals surface area contributed by atoms with Crippen LogP contribution in [0.3, 0.4) is 0 Å². The first kappa shape index (κ1) is 24.3. The second-order valence-corrected chi connectivity index (χ2v) is 9.58. The highest BCUT2D eigenvalue weighted by atomic mass is 32.2. The van der Waals surface area contributed by atoms with Crippen molar-refractivity contribution in [1.82, 2.24) is 9.88 Å². The molecule has 0 fully saturated rings. The minimum atomic E-state index is -0.0526. The maximum Gasteiger partial charge on any atom is 0.260 e. The Morgan fingerprint density at radius 1 is 0.912 bits per heavy atom. The Morgan fingerprint density at radius 3 is 2.29 bits per heavy atom. The zero-order chi connectivity index (χ0) is 23.9. The standard InChI is InChI=1S/C27H29N3O2S2/c1-4-29(5-2)18-19-30(27-28-25-23(33-3)12-9-13-24(25)34-27)26(31)20-14-16-22(17-15-20)32-21-10-7-6-8-11-21/h6-17H,4-5,18-19H2,1-3H3. The molecule has 0 saturated carbocycles. The first-order valence-corrected chi connectivity index (χ1v) is 13.5. The number of hydrogen-bond acceptors (Lipinski definition) is 6. The van der Waals surface area contributed by atoms with Gasteiger partial charge >= 0.3 is 0 Å². The number of amides is 1. The van der Waals surface area contributed by atoms with Gasteiger partial charge in [0.2, 0.25) is 0 Å². The van der Waals surface area contributed by atoms with E-state index >= 15 is 0 Å². The molecule has 1 heterocycles. The summed E-state index contributed by atoms with van der Waals surface area (Å²) in [6, 6.07) is 23.1. The van der Waals surface area contributed by atoms with Gasteiger partial charge < -0.3 is 9.64 Å². The van der Waals surface area contributed by atoms with Crippen molar-refractivity contribution in [3.05, 3.63) is 78.4 Å².